The van der Waals surface area contributed by atoms with Crippen LogP contribution < -0.4 is 5.32 Å². The van der Waals surface area contributed by atoms with Gasteiger partial charge in [0.1, 0.15) is 0 Å². The Balaban J connectivity index is 2.95. The minimum Gasteiger partial charge on any atom is -0.385 e. The van der Waals surface area contributed by atoms with Crippen LogP contribution in [0.25, 0.3) is 0 Å². The fourth-order valence-electron chi connectivity index (χ4n) is 0.795. The van der Waals surface area contributed by atoms with Crippen LogP contribution in [-0.2, 0) is 14.3 Å². The van der Waals surface area contributed by atoms with E-state index in [9.17, 15) is 4.79 Å². The van der Waals surface area contributed by atoms with Gasteiger partial charge in [-0.1, -0.05) is 6.92 Å². The molecule has 4 heteroatoms. The van der Waals surface area contributed by atoms with Gasteiger partial charge < -0.3 is 14.8 Å². The molecule has 0 bridgehead atoms. The Bertz CT molecular complexity index is 128. The molecule has 0 fully saturated rings. The van der Waals surface area contributed by atoms with Crippen LogP contribution in [0.3, 0.4) is 0 Å². The Morgan fingerprint density at radius 3 is 2.69 bits per heavy atom. The second-order valence-corrected chi connectivity index (χ2v) is 2.66. The summed E-state index contributed by atoms with van der Waals surface area (Å²) in [6.07, 6.45) is 1.43. The molecule has 13 heavy (non-hydrogen) atoms. The summed E-state index contributed by atoms with van der Waals surface area (Å²) >= 11 is 0. The van der Waals surface area contributed by atoms with Crippen LogP contribution >= 0.6 is 0 Å². The number of rotatable bonds is 8. The summed E-state index contributed by atoms with van der Waals surface area (Å²) in [5, 5.41) is 2.73. The van der Waals surface area contributed by atoms with Crippen LogP contribution in [0.5, 0.6) is 0 Å². The third kappa shape index (κ3) is 9.30. The lowest BCUT2D eigenvalue weighted by Gasteiger charge is -2.04. The van der Waals surface area contributed by atoms with E-state index in [1.807, 2.05) is 6.92 Å². The lowest BCUT2D eigenvalue weighted by molar-refractivity contribution is -0.121. The number of carbonyl (C=O) groups excluding carboxylic acids is 1. The average molecular weight is 189 g/mol. The zero-order chi connectivity index (χ0) is 9.94. The molecule has 0 saturated carbocycles. The van der Waals surface area contributed by atoms with E-state index in [1.54, 1.807) is 7.11 Å². The fourth-order valence-corrected chi connectivity index (χ4v) is 0.795. The van der Waals surface area contributed by atoms with Crippen molar-refractivity contribution < 1.29 is 14.3 Å². The standard InChI is InChI=1S/C9H19NO3/c1-3-9(11)10-5-8-13-7-4-6-12-2/h3-8H2,1-2H3,(H,10,11). The summed E-state index contributed by atoms with van der Waals surface area (Å²) in [7, 11) is 1.67. The van der Waals surface area contributed by atoms with Crippen molar-refractivity contribution in [1.82, 2.24) is 5.32 Å². The van der Waals surface area contributed by atoms with Crippen molar-refractivity contribution in [2.45, 2.75) is 19.8 Å². The third-order valence-electron chi connectivity index (χ3n) is 1.53. The molecular formula is C9H19NO3. The van der Waals surface area contributed by atoms with Gasteiger partial charge in [0.05, 0.1) is 6.61 Å². The molecule has 0 rings (SSSR count). The number of hydrogen-bond donors (Lipinski definition) is 1. The summed E-state index contributed by atoms with van der Waals surface area (Å²) in [6.45, 7) is 4.42. The van der Waals surface area contributed by atoms with E-state index in [0.717, 1.165) is 13.0 Å². The molecule has 1 amide bonds. The first-order chi connectivity index (χ1) is 6.31. The molecule has 0 heterocycles. The number of carbonyl (C=O) groups is 1. The van der Waals surface area contributed by atoms with E-state index in [1.165, 1.54) is 0 Å². The van der Waals surface area contributed by atoms with E-state index >= 15 is 0 Å². The van der Waals surface area contributed by atoms with Gasteiger partial charge in [-0.15, -0.1) is 0 Å². The van der Waals surface area contributed by atoms with E-state index in [-0.39, 0.29) is 5.91 Å². The smallest absolute Gasteiger partial charge is 0.219 e. The van der Waals surface area contributed by atoms with Crippen LogP contribution in [0.15, 0.2) is 0 Å². The second kappa shape index (κ2) is 9.48. The molecular weight excluding hydrogens is 170 g/mol. The van der Waals surface area contributed by atoms with Gasteiger partial charge in [0.25, 0.3) is 0 Å². The van der Waals surface area contributed by atoms with Crippen molar-refractivity contribution in [2.24, 2.45) is 0 Å². The Hall–Kier alpha value is -0.610. The minimum absolute atomic E-state index is 0.0699. The van der Waals surface area contributed by atoms with Gasteiger partial charge >= 0.3 is 0 Å². The molecule has 4 nitrogen and oxygen atoms in total. The van der Waals surface area contributed by atoms with Gasteiger partial charge in [0.15, 0.2) is 0 Å². The van der Waals surface area contributed by atoms with Crippen molar-refractivity contribution in [3.05, 3.63) is 0 Å². The van der Waals surface area contributed by atoms with Crippen molar-refractivity contribution in [3.8, 4) is 0 Å². The lowest BCUT2D eigenvalue weighted by Crippen LogP contribution is -2.26. The Morgan fingerprint density at radius 2 is 2.08 bits per heavy atom. The summed E-state index contributed by atoms with van der Waals surface area (Å²) in [6, 6.07) is 0. The van der Waals surface area contributed by atoms with Crippen LogP contribution in [-0.4, -0.2) is 39.4 Å². The number of ether oxygens (including phenoxy) is 2. The predicted octanol–water partition coefficient (Wildman–Crippen LogP) is 0.566. The van der Waals surface area contributed by atoms with Gasteiger partial charge in [-0.05, 0) is 6.42 Å². The maximum atomic E-state index is 10.8. The topological polar surface area (TPSA) is 47.6 Å². The van der Waals surface area contributed by atoms with Crippen LogP contribution in [0.1, 0.15) is 19.8 Å². The highest BCUT2D eigenvalue weighted by Gasteiger charge is 1.94. The first kappa shape index (κ1) is 12.4. The highest BCUT2D eigenvalue weighted by atomic mass is 16.5. The molecule has 0 aliphatic carbocycles. The minimum atomic E-state index is 0.0699. The van der Waals surface area contributed by atoms with Crippen molar-refractivity contribution in [2.75, 3.05) is 33.5 Å². The molecule has 0 atom stereocenters. The molecule has 0 radical (unpaired) electrons. The van der Waals surface area contributed by atoms with Gasteiger partial charge in [-0.3, -0.25) is 4.79 Å². The summed E-state index contributed by atoms with van der Waals surface area (Å²) in [5.74, 6) is 0.0699. The summed E-state index contributed by atoms with van der Waals surface area (Å²) in [4.78, 5) is 10.8. The zero-order valence-corrected chi connectivity index (χ0v) is 8.47. The highest BCUT2D eigenvalue weighted by molar-refractivity contribution is 5.75. The maximum Gasteiger partial charge on any atom is 0.219 e. The fraction of sp³-hybridized carbons (Fsp3) is 0.889. The largest absolute Gasteiger partial charge is 0.385 e. The molecule has 78 valence electrons. The maximum absolute atomic E-state index is 10.8. The van der Waals surface area contributed by atoms with E-state index in [2.05, 4.69) is 5.32 Å². The SMILES string of the molecule is CCC(=O)NCCOCCCOC. The Labute approximate surface area is 79.6 Å². The van der Waals surface area contributed by atoms with Gasteiger partial charge in [-0.25, -0.2) is 0 Å². The molecule has 1 N–H and O–H groups in total. The quantitative estimate of drug-likeness (QED) is 0.568. The average Bonchev–Trinajstić information content (AvgIpc) is 2.16. The van der Waals surface area contributed by atoms with Crippen molar-refractivity contribution >= 4 is 5.91 Å². The molecule has 0 aromatic carbocycles. The summed E-state index contributed by atoms with van der Waals surface area (Å²) in [5.41, 5.74) is 0. The molecule has 0 spiro atoms. The van der Waals surface area contributed by atoms with Crippen molar-refractivity contribution in [3.63, 3.8) is 0 Å². The lowest BCUT2D eigenvalue weighted by atomic mass is 10.4. The molecule has 0 aromatic heterocycles. The zero-order valence-electron chi connectivity index (χ0n) is 8.47. The monoisotopic (exact) mass is 189 g/mol. The predicted molar refractivity (Wildman–Crippen MR) is 50.6 cm³/mol. The van der Waals surface area contributed by atoms with Crippen LogP contribution in [0, 0.1) is 0 Å². The van der Waals surface area contributed by atoms with E-state index in [4.69, 9.17) is 9.47 Å². The number of methoxy groups -OCH3 is 1. The van der Waals surface area contributed by atoms with Gasteiger partial charge in [0.2, 0.25) is 5.91 Å². The first-order valence-electron chi connectivity index (χ1n) is 4.64. The normalized spacial score (nSPS) is 10.0. The first-order valence-corrected chi connectivity index (χ1v) is 4.64. The summed E-state index contributed by atoms with van der Waals surface area (Å²) < 4.78 is 10.1. The van der Waals surface area contributed by atoms with Gasteiger partial charge in [0, 0.05) is 33.3 Å². The Kier molecular flexibility index (Phi) is 9.03. The molecule has 0 aliphatic heterocycles. The Morgan fingerprint density at radius 1 is 1.31 bits per heavy atom. The highest BCUT2D eigenvalue weighted by Crippen LogP contribution is 1.82. The van der Waals surface area contributed by atoms with E-state index in [0.29, 0.717) is 26.2 Å². The van der Waals surface area contributed by atoms with Crippen molar-refractivity contribution in [1.29, 1.82) is 0 Å². The van der Waals surface area contributed by atoms with Crippen LogP contribution in [0.2, 0.25) is 0 Å². The number of amides is 1. The number of hydrogen-bond acceptors (Lipinski definition) is 3. The molecule has 0 unspecified atom stereocenters. The van der Waals surface area contributed by atoms with Crippen LogP contribution in [0.4, 0.5) is 0 Å². The molecule has 0 aromatic rings. The molecule has 0 aliphatic rings. The van der Waals surface area contributed by atoms with E-state index < -0.39 is 0 Å². The second-order valence-electron chi connectivity index (χ2n) is 2.66. The van der Waals surface area contributed by atoms with Gasteiger partial charge in [-0.2, -0.15) is 0 Å². The molecule has 0 saturated heterocycles. The third-order valence-corrected chi connectivity index (χ3v) is 1.53. The number of nitrogens with one attached hydrogen (secondary N) is 1.